The van der Waals surface area contributed by atoms with Gasteiger partial charge in [0.05, 0.1) is 5.02 Å². The molecule has 0 radical (unpaired) electrons. The molecule has 0 amide bonds. The van der Waals surface area contributed by atoms with E-state index >= 15 is 4.39 Å². The lowest BCUT2D eigenvalue weighted by Crippen LogP contribution is -2.36. The SMILES string of the molecule is CN1CCC[C@H]1COc1nc(N2CC[C@H]3CC[C@@H](C2)N3)c2cc(Cl)c(-c3cc(O)cc4ccccc34)c(F)c2n1. The highest BCUT2D eigenvalue weighted by molar-refractivity contribution is 6.35. The second-order valence-corrected chi connectivity index (χ2v) is 11.9. The monoisotopic (exact) mass is 561 g/mol. The van der Waals surface area contributed by atoms with Crippen LogP contribution < -0.4 is 15.0 Å². The first-order valence-electron chi connectivity index (χ1n) is 14.2. The number of benzene rings is 3. The number of anilines is 1. The maximum atomic E-state index is 16.7. The van der Waals surface area contributed by atoms with Gasteiger partial charge in [0.2, 0.25) is 0 Å². The molecule has 3 aromatic carbocycles. The fourth-order valence-corrected chi connectivity index (χ4v) is 7.00. The van der Waals surface area contributed by atoms with Gasteiger partial charge in [-0.1, -0.05) is 35.9 Å². The van der Waals surface area contributed by atoms with Crippen LogP contribution in [0.1, 0.15) is 32.1 Å². The standard InChI is InChI=1S/C31H33ClFN5O2/c1-37-11-4-6-21(37)17-40-31-35-29-25(30(36-31)38-12-10-19-8-9-20(16-38)34-19)15-26(32)27(28(29)33)24-14-22(39)13-18-5-2-3-7-23(18)24/h2-3,5,7,13-15,19-21,34,39H,4,6,8-12,16-17H2,1H3/t19-,20+,21+/m1/s1. The van der Waals surface area contributed by atoms with E-state index in [-0.39, 0.29) is 33.9 Å². The zero-order chi connectivity index (χ0) is 27.4. The summed E-state index contributed by atoms with van der Waals surface area (Å²) in [7, 11) is 2.10. The Morgan fingerprint density at radius 3 is 2.75 bits per heavy atom. The van der Waals surface area contributed by atoms with Gasteiger partial charge in [0, 0.05) is 42.2 Å². The van der Waals surface area contributed by atoms with Crippen molar-refractivity contribution in [3.63, 3.8) is 0 Å². The number of aromatic hydroxyl groups is 1. The highest BCUT2D eigenvalue weighted by atomic mass is 35.5. The van der Waals surface area contributed by atoms with Gasteiger partial charge in [-0.05, 0) is 80.2 Å². The zero-order valence-corrected chi connectivity index (χ0v) is 23.3. The molecule has 3 atom stereocenters. The van der Waals surface area contributed by atoms with Crippen LogP contribution in [0.3, 0.4) is 0 Å². The Kier molecular flexibility index (Phi) is 6.65. The average molecular weight is 562 g/mol. The molecule has 0 spiro atoms. The predicted molar refractivity (Wildman–Crippen MR) is 157 cm³/mol. The Hall–Kier alpha value is -3.20. The van der Waals surface area contributed by atoms with Crippen LogP contribution in [0.5, 0.6) is 11.8 Å². The molecule has 9 heteroatoms. The fourth-order valence-electron chi connectivity index (χ4n) is 6.71. The van der Waals surface area contributed by atoms with Crippen LogP contribution in [0.15, 0.2) is 42.5 Å². The van der Waals surface area contributed by atoms with Gasteiger partial charge < -0.3 is 25.0 Å². The number of likely N-dealkylation sites (tertiary alicyclic amines) is 1. The molecule has 40 heavy (non-hydrogen) atoms. The molecule has 3 aliphatic heterocycles. The van der Waals surface area contributed by atoms with Crippen LogP contribution in [0, 0.1) is 5.82 Å². The lowest BCUT2D eigenvalue weighted by atomic mass is 9.96. The van der Waals surface area contributed by atoms with Crippen LogP contribution >= 0.6 is 11.6 Å². The van der Waals surface area contributed by atoms with Crippen molar-refractivity contribution in [2.75, 3.05) is 38.2 Å². The van der Waals surface area contributed by atoms with E-state index in [1.54, 1.807) is 18.2 Å². The molecule has 4 heterocycles. The van der Waals surface area contributed by atoms with Gasteiger partial charge in [-0.25, -0.2) is 4.39 Å². The fraction of sp³-hybridized carbons (Fsp3) is 0.419. The third-order valence-corrected chi connectivity index (χ3v) is 9.16. The highest BCUT2D eigenvalue weighted by Gasteiger charge is 2.32. The molecule has 1 aromatic heterocycles. The summed E-state index contributed by atoms with van der Waals surface area (Å²) < 4.78 is 22.9. The van der Waals surface area contributed by atoms with Gasteiger partial charge >= 0.3 is 6.01 Å². The maximum absolute atomic E-state index is 16.7. The second-order valence-electron chi connectivity index (χ2n) is 11.4. The minimum atomic E-state index is -0.542. The van der Waals surface area contributed by atoms with Crippen molar-refractivity contribution in [1.82, 2.24) is 20.2 Å². The Morgan fingerprint density at radius 1 is 1.05 bits per heavy atom. The summed E-state index contributed by atoms with van der Waals surface area (Å²) in [6, 6.07) is 13.9. The zero-order valence-electron chi connectivity index (χ0n) is 22.5. The van der Waals surface area contributed by atoms with Crippen molar-refractivity contribution in [2.45, 2.75) is 50.2 Å². The Morgan fingerprint density at radius 2 is 1.90 bits per heavy atom. The summed E-state index contributed by atoms with van der Waals surface area (Å²) in [5, 5.41) is 16.6. The highest BCUT2D eigenvalue weighted by Crippen LogP contribution is 2.42. The number of hydrogen-bond acceptors (Lipinski definition) is 7. The van der Waals surface area contributed by atoms with Crippen LogP contribution in [-0.4, -0.2) is 71.4 Å². The first-order valence-corrected chi connectivity index (χ1v) is 14.6. The van der Waals surface area contributed by atoms with E-state index in [9.17, 15) is 5.11 Å². The summed E-state index contributed by atoms with van der Waals surface area (Å²) >= 11 is 6.86. The van der Waals surface area contributed by atoms with E-state index in [0.29, 0.717) is 35.5 Å². The lowest BCUT2D eigenvalue weighted by molar-refractivity contribution is 0.188. The number of halogens is 2. The number of ether oxygens (including phenoxy) is 1. The molecule has 3 aliphatic rings. The molecule has 7 nitrogen and oxygen atoms in total. The molecule has 0 saturated carbocycles. The van der Waals surface area contributed by atoms with Gasteiger partial charge in [-0.2, -0.15) is 9.97 Å². The van der Waals surface area contributed by atoms with Crippen LogP contribution in [0.4, 0.5) is 10.2 Å². The number of rotatable bonds is 5. The number of hydrogen-bond donors (Lipinski definition) is 2. The van der Waals surface area contributed by atoms with E-state index in [2.05, 4.69) is 27.1 Å². The normalized spacial score (nSPS) is 23.3. The molecule has 208 valence electrons. The molecule has 4 aromatic rings. The van der Waals surface area contributed by atoms with E-state index in [4.69, 9.17) is 21.3 Å². The van der Waals surface area contributed by atoms with Gasteiger partial charge in [0.15, 0.2) is 5.82 Å². The molecule has 0 unspecified atom stereocenters. The number of likely N-dealkylation sites (N-methyl/N-ethyl adjacent to an activating group) is 1. The van der Waals surface area contributed by atoms with Gasteiger partial charge in [-0.15, -0.1) is 0 Å². The third-order valence-electron chi connectivity index (χ3n) is 8.86. The van der Waals surface area contributed by atoms with Gasteiger partial charge in [-0.3, -0.25) is 0 Å². The van der Waals surface area contributed by atoms with E-state index < -0.39 is 5.82 Å². The Balaban J connectivity index is 1.38. The lowest BCUT2D eigenvalue weighted by Gasteiger charge is -2.27. The average Bonchev–Trinajstić information content (AvgIpc) is 3.50. The maximum Gasteiger partial charge on any atom is 0.319 e. The number of fused-ring (bicyclic) bond motifs is 4. The molecule has 3 fully saturated rings. The van der Waals surface area contributed by atoms with Crippen LogP contribution in [0.25, 0.3) is 32.8 Å². The first kappa shape index (κ1) is 25.7. The van der Waals surface area contributed by atoms with Gasteiger partial charge in [0.25, 0.3) is 0 Å². The molecule has 2 N–H and O–H groups in total. The van der Waals surface area contributed by atoms with E-state index in [1.807, 2.05) is 24.3 Å². The van der Waals surface area contributed by atoms with Crippen molar-refractivity contribution in [3.05, 3.63) is 53.3 Å². The number of phenolic OH excluding ortho intramolecular Hbond substituents is 1. The number of nitrogens with one attached hydrogen (secondary N) is 1. The summed E-state index contributed by atoms with van der Waals surface area (Å²) in [5.74, 6) is 0.158. The minimum Gasteiger partial charge on any atom is -0.508 e. The Bertz CT molecular complexity index is 1600. The largest absolute Gasteiger partial charge is 0.508 e. The van der Waals surface area contributed by atoms with Crippen molar-refractivity contribution < 1.29 is 14.2 Å². The Labute approximate surface area is 237 Å². The number of phenols is 1. The molecular weight excluding hydrogens is 529 g/mol. The number of aromatic nitrogens is 2. The molecule has 0 aliphatic carbocycles. The topological polar surface area (TPSA) is 73.8 Å². The van der Waals surface area contributed by atoms with E-state index in [0.717, 1.165) is 56.1 Å². The van der Waals surface area contributed by atoms with Crippen LogP contribution in [-0.2, 0) is 0 Å². The summed E-state index contributed by atoms with van der Waals surface area (Å²) in [6.07, 6.45) is 5.48. The smallest absolute Gasteiger partial charge is 0.319 e. The molecule has 2 bridgehead atoms. The van der Waals surface area contributed by atoms with Crippen molar-refractivity contribution in [1.29, 1.82) is 0 Å². The van der Waals surface area contributed by atoms with Crippen LogP contribution in [0.2, 0.25) is 5.02 Å². The second kappa shape index (κ2) is 10.3. The van der Waals surface area contributed by atoms with E-state index in [1.165, 1.54) is 6.42 Å². The quantitative estimate of drug-likeness (QED) is 0.321. The van der Waals surface area contributed by atoms with Gasteiger partial charge in [0.1, 0.15) is 23.7 Å². The number of nitrogens with zero attached hydrogens (tertiary/aromatic N) is 4. The molecule has 3 saturated heterocycles. The van der Waals surface area contributed by atoms with Crippen molar-refractivity contribution in [3.8, 4) is 22.9 Å². The third kappa shape index (κ3) is 4.62. The predicted octanol–water partition coefficient (Wildman–Crippen LogP) is 5.75. The first-order chi connectivity index (χ1) is 19.4. The summed E-state index contributed by atoms with van der Waals surface area (Å²) in [5.41, 5.74) is 0.907. The van der Waals surface area contributed by atoms with Crippen molar-refractivity contribution in [2.24, 2.45) is 0 Å². The molecule has 7 rings (SSSR count). The summed E-state index contributed by atoms with van der Waals surface area (Å²) in [4.78, 5) is 14.0. The minimum absolute atomic E-state index is 0.0458. The van der Waals surface area contributed by atoms with Crippen molar-refractivity contribution >= 4 is 39.1 Å². The molecular formula is C31H33ClFN5O2. The summed E-state index contributed by atoms with van der Waals surface area (Å²) in [6.45, 7) is 3.08.